The number of nitrogens with zero attached hydrogens (tertiary/aromatic N) is 3. The van der Waals surface area contributed by atoms with Crippen LogP contribution in [0.2, 0.25) is 0 Å². The maximum Gasteiger partial charge on any atom is 0.248 e. The van der Waals surface area contributed by atoms with Crippen molar-refractivity contribution < 1.29 is 8.81 Å². The van der Waals surface area contributed by atoms with Crippen LogP contribution in [-0.4, -0.2) is 35.2 Å². The van der Waals surface area contributed by atoms with Gasteiger partial charge in [0.2, 0.25) is 11.8 Å². The Hall–Kier alpha value is -4.56. The van der Waals surface area contributed by atoms with E-state index in [1.54, 1.807) is 12.2 Å². The van der Waals surface area contributed by atoms with Crippen molar-refractivity contribution in [2.75, 3.05) is 13.2 Å². The zero-order chi connectivity index (χ0) is 27.3. The average molecular weight is 513 g/mol. The lowest BCUT2D eigenvalue weighted by atomic mass is 10.0. The first-order valence-electron chi connectivity index (χ1n) is 12.1. The highest BCUT2D eigenvalue weighted by atomic mass is 19.1. The van der Waals surface area contributed by atoms with Gasteiger partial charge in [-0.1, -0.05) is 67.3 Å². The lowest BCUT2D eigenvalue weighted by Gasteiger charge is -2.13. The molecule has 0 saturated carbocycles. The van der Waals surface area contributed by atoms with Gasteiger partial charge < -0.3 is 15.5 Å². The van der Waals surface area contributed by atoms with E-state index in [0.717, 1.165) is 28.0 Å². The molecule has 4 N–H and O–H groups in total. The largest absolute Gasteiger partial charge is 0.417 e. The normalized spacial score (nSPS) is 13.4. The number of nitrogens with two attached hydrogens (primary N) is 1. The first-order chi connectivity index (χ1) is 18.4. The number of aromatic nitrogens is 2. The Morgan fingerprint density at radius 3 is 2.45 bits per heavy atom. The van der Waals surface area contributed by atoms with Crippen LogP contribution >= 0.6 is 0 Å². The van der Waals surface area contributed by atoms with Gasteiger partial charge in [-0.3, -0.25) is 5.43 Å². The standard InChI is InChI=1S/C30H33FN6O/c1-5-9-27(18-21(2)20-33-23(4)22(3)32)34-35-28(19-31)16-17-29-36-37-30(38-29)26-14-12-25(13-15-26)24-10-7-6-8-11-24/h5-18,22,33-34H,1,4,19-20,32H2,2-3H3/b17-16+,21-18+,27-9+,35-28+. The first-order valence-corrected chi connectivity index (χ1v) is 12.1. The Bertz CT molecular complexity index is 1330. The van der Waals surface area contributed by atoms with E-state index in [0.29, 0.717) is 18.1 Å². The third kappa shape index (κ3) is 8.53. The summed E-state index contributed by atoms with van der Waals surface area (Å²) in [6, 6.07) is 17.8. The number of hydrogen-bond donors (Lipinski definition) is 3. The van der Waals surface area contributed by atoms with Crippen molar-refractivity contribution in [1.29, 1.82) is 0 Å². The molecule has 0 aliphatic heterocycles. The highest BCUT2D eigenvalue weighted by Crippen LogP contribution is 2.24. The van der Waals surface area contributed by atoms with E-state index in [4.69, 9.17) is 10.2 Å². The molecule has 3 rings (SSSR count). The van der Waals surface area contributed by atoms with Gasteiger partial charge in [0.15, 0.2) is 0 Å². The molecule has 0 spiro atoms. The Morgan fingerprint density at radius 2 is 1.79 bits per heavy atom. The minimum absolute atomic E-state index is 0.150. The van der Waals surface area contributed by atoms with Crippen molar-refractivity contribution in [3.8, 4) is 22.6 Å². The van der Waals surface area contributed by atoms with Crippen molar-refractivity contribution in [1.82, 2.24) is 20.9 Å². The van der Waals surface area contributed by atoms with Gasteiger partial charge in [0.1, 0.15) is 6.67 Å². The fourth-order valence-corrected chi connectivity index (χ4v) is 3.25. The van der Waals surface area contributed by atoms with E-state index in [9.17, 15) is 4.39 Å². The van der Waals surface area contributed by atoms with Crippen LogP contribution in [0.1, 0.15) is 19.7 Å². The fraction of sp³-hybridized carbons (Fsp3) is 0.167. The third-order valence-corrected chi connectivity index (χ3v) is 5.41. The molecule has 0 fully saturated rings. The molecule has 1 atom stereocenters. The van der Waals surface area contributed by atoms with Gasteiger partial charge >= 0.3 is 0 Å². The molecule has 196 valence electrons. The van der Waals surface area contributed by atoms with E-state index < -0.39 is 6.67 Å². The predicted octanol–water partition coefficient (Wildman–Crippen LogP) is 5.80. The summed E-state index contributed by atoms with van der Waals surface area (Å²) in [5.41, 5.74) is 14.2. The number of hydrogen-bond acceptors (Lipinski definition) is 7. The minimum Gasteiger partial charge on any atom is -0.417 e. The summed E-state index contributed by atoms with van der Waals surface area (Å²) in [7, 11) is 0. The first kappa shape index (κ1) is 28.0. The molecule has 1 heterocycles. The molecular formula is C30H33FN6O. The van der Waals surface area contributed by atoms with Crippen LogP contribution in [0.15, 0.2) is 119 Å². The lowest BCUT2D eigenvalue weighted by Crippen LogP contribution is -2.28. The van der Waals surface area contributed by atoms with Crippen molar-refractivity contribution in [3.63, 3.8) is 0 Å². The maximum atomic E-state index is 13.6. The fourth-order valence-electron chi connectivity index (χ4n) is 3.25. The van der Waals surface area contributed by atoms with E-state index in [1.807, 2.05) is 62.4 Å². The molecule has 1 unspecified atom stereocenters. The summed E-state index contributed by atoms with van der Waals surface area (Å²) in [6.45, 7) is 11.2. The number of hydrazone groups is 1. The topological polar surface area (TPSA) is 101 Å². The predicted molar refractivity (Wildman–Crippen MR) is 154 cm³/mol. The smallest absolute Gasteiger partial charge is 0.248 e. The van der Waals surface area contributed by atoms with Gasteiger partial charge in [0.05, 0.1) is 11.4 Å². The number of nitrogens with one attached hydrogen (secondary N) is 2. The average Bonchev–Trinajstić information content (AvgIpc) is 3.41. The van der Waals surface area contributed by atoms with Crippen molar-refractivity contribution in [2.45, 2.75) is 19.9 Å². The second-order valence-corrected chi connectivity index (χ2v) is 8.59. The number of rotatable bonds is 13. The van der Waals surface area contributed by atoms with Crippen LogP contribution in [-0.2, 0) is 0 Å². The summed E-state index contributed by atoms with van der Waals surface area (Å²) < 4.78 is 19.3. The molecule has 2 aromatic carbocycles. The molecule has 0 radical (unpaired) electrons. The molecule has 0 aliphatic carbocycles. The highest BCUT2D eigenvalue weighted by molar-refractivity contribution is 5.98. The van der Waals surface area contributed by atoms with E-state index in [1.165, 1.54) is 12.2 Å². The van der Waals surface area contributed by atoms with Crippen LogP contribution in [0.25, 0.3) is 28.7 Å². The van der Waals surface area contributed by atoms with E-state index in [-0.39, 0.29) is 17.6 Å². The number of alkyl halides is 1. The highest BCUT2D eigenvalue weighted by Gasteiger charge is 2.08. The molecule has 7 nitrogen and oxygen atoms in total. The summed E-state index contributed by atoms with van der Waals surface area (Å²) >= 11 is 0. The summed E-state index contributed by atoms with van der Waals surface area (Å²) in [5.74, 6) is 0.615. The van der Waals surface area contributed by atoms with Gasteiger partial charge in [0.25, 0.3) is 0 Å². The zero-order valence-electron chi connectivity index (χ0n) is 21.7. The van der Waals surface area contributed by atoms with Gasteiger partial charge in [-0.05, 0) is 55.3 Å². The summed E-state index contributed by atoms with van der Waals surface area (Å²) in [6.07, 6.45) is 8.24. The lowest BCUT2D eigenvalue weighted by molar-refractivity contribution is 0.557. The van der Waals surface area contributed by atoms with Crippen LogP contribution < -0.4 is 16.5 Å². The molecule has 3 aromatic rings. The van der Waals surface area contributed by atoms with Crippen LogP contribution in [0.4, 0.5) is 4.39 Å². The minimum atomic E-state index is -0.786. The molecule has 1 aromatic heterocycles. The van der Waals surface area contributed by atoms with Crippen LogP contribution in [0.3, 0.4) is 0 Å². The third-order valence-electron chi connectivity index (χ3n) is 5.41. The molecule has 8 heteroatoms. The monoisotopic (exact) mass is 512 g/mol. The molecule has 0 aliphatic rings. The van der Waals surface area contributed by atoms with Crippen molar-refractivity contribution >= 4 is 11.8 Å². The number of halogens is 1. The summed E-state index contributed by atoms with van der Waals surface area (Å²) in [4.78, 5) is 0. The number of benzene rings is 2. The second-order valence-electron chi connectivity index (χ2n) is 8.59. The molecule has 0 bridgehead atoms. The van der Waals surface area contributed by atoms with E-state index in [2.05, 4.69) is 51.3 Å². The quantitative estimate of drug-likeness (QED) is 0.152. The number of allylic oxidation sites excluding steroid dienone is 4. The Balaban J connectivity index is 1.64. The van der Waals surface area contributed by atoms with Crippen LogP contribution in [0.5, 0.6) is 0 Å². The van der Waals surface area contributed by atoms with Gasteiger partial charge in [-0.15, -0.1) is 10.2 Å². The zero-order valence-corrected chi connectivity index (χ0v) is 21.7. The molecule has 0 amide bonds. The van der Waals surface area contributed by atoms with E-state index >= 15 is 0 Å². The van der Waals surface area contributed by atoms with Crippen molar-refractivity contribution in [3.05, 3.63) is 115 Å². The van der Waals surface area contributed by atoms with Gasteiger partial charge in [0, 0.05) is 29.9 Å². The van der Waals surface area contributed by atoms with Crippen LogP contribution in [0, 0.1) is 0 Å². The second kappa shape index (κ2) is 14.2. The van der Waals surface area contributed by atoms with Gasteiger partial charge in [-0.2, -0.15) is 5.10 Å². The molecule has 38 heavy (non-hydrogen) atoms. The molecule has 0 saturated heterocycles. The molecular weight excluding hydrogens is 479 g/mol. The van der Waals surface area contributed by atoms with Crippen molar-refractivity contribution in [2.24, 2.45) is 10.8 Å². The Morgan fingerprint density at radius 1 is 1.11 bits per heavy atom. The maximum absolute atomic E-state index is 13.6. The summed E-state index contributed by atoms with van der Waals surface area (Å²) in [5, 5.41) is 15.5. The Kier molecular flexibility index (Phi) is 10.5. The van der Waals surface area contributed by atoms with Gasteiger partial charge in [-0.25, -0.2) is 4.39 Å². The SMILES string of the molecule is C=C/C=C(\C=C(/C)CNC(=C)C(C)N)N/N=C(\C=C\c1nnc(-c2ccc(-c3ccccc3)cc2)o1)CF. The Labute approximate surface area is 223 Å².